The van der Waals surface area contributed by atoms with Crippen LogP contribution in [0.1, 0.15) is 13.8 Å². The number of hydrogen-bond acceptors (Lipinski definition) is 3. The van der Waals surface area contributed by atoms with Crippen LogP contribution < -0.4 is 5.32 Å². The molecule has 0 radical (unpaired) electrons. The second-order valence-electron chi connectivity index (χ2n) is 4.60. The molecule has 0 bridgehead atoms. The molecule has 0 aliphatic carbocycles. The fraction of sp³-hybridized carbons (Fsp3) is 0.700. The Kier molecular flexibility index (Phi) is 2.23. The van der Waals surface area contributed by atoms with Crippen LogP contribution in [0.3, 0.4) is 0 Å². The molecule has 1 aliphatic rings. The van der Waals surface area contributed by atoms with Crippen molar-refractivity contribution in [2.24, 2.45) is 12.5 Å². The van der Waals surface area contributed by atoms with Gasteiger partial charge in [-0.15, -0.1) is 0 Å². The Hall–Kier alpha value is -1.03. The van der Waals surface area contributed by atoms with Gasteiger partial charge in [0.2, 0.25) is 0 Å². The lowest BCUT2D eigenvalue weighted by Gasteiger charge is -2.25. The Labute approximate surface area is 84.3 Å². The number of nitrogens with zero attached hydrogens (tertiary/aromatic N) is 2. The summed E-state index contributed by atoms with van der Waals surface area (Å²) in [5.41, 5.74) is 1.27. The van der Waals surface area contributed by atoms with Crippen LogP contribution in [0.5, 0.6) is 0 Å². The molecular formula is C10H17N3O. The largest absolute Gasteiger partial charge is 0.379 e. The molecule has 14 heavy (non-hydrogen) atoms. The smallest absolute Gasteiger partial charge is 0.0729 e. The molecule has 0 spiro atoms. The molecule has 1 aromatic heterocycles. The summed E-state index contributed by atoms with van der Waals surface area (Å²) < 4.78 is 7.26. The lowest BCUT2D eigenvalue weighted by Crippen LogP contribution is -2.34. The highest BCUT2D eigenvalue weighted by Gasteiger charge is 2.35. The quantitative estimate of drug-likeness (QED) is 0.772. The van der Waals surface area contributed by atoms with Gasteiger partial charge in [0.05, 0.1) is 31.1 Å². The standard InChI is InChI=1S/C10H17N3O/c1-10(2)7-14-6-9(10)12-8-4-11-13(3)5-8/h4-5,9,12H,6-7H2,1-3H3. The predicted octanol–water partition coefficient (Wildman–Crippen LogP) is 1.26. The predicted molar refractivity (Wildman–Crippen MR) is 55.2 cm³/mol. The lowest BCUT2D eigenvalue weighted by atomic mass is 9.88. The van der Waals surface area contributed by atoms with E-state index in [-0.39, 0.29) is 5.41 Å². The van der Waals surface area contributed by atoms with Gasteiger partial charge in [-0.25, -0.2) is 0 Å². The van der Waals surface area contributed by atoms with Crippen LogP contribution in [-0.2, 0) is 11.8 Å². The Morgan fingerprint density at radius 3 is 2.93 bits per heavy atom. The van der Waals surface area contributed by atoms with E-state index in [1.165, 1.54) is 0 Å². The molecular weight excluding hydrogens is 178 g/mol. The van der Waals surface area contributed by atoms with Gasteiger partial charge in [0.15, 0.2) is 0 Å². The number of hydrogen-bond donors (Lipinski definition) is 1. The van der Waals surface area contributed by atoms with E-state index in [1.807, 2.05) is 19.4 Å². The maximum absolute atomic E-state index is 5.46. The summed E-state index contributed by atoms with van der Waals surface area (Å²) >= 11 is 0. The average Bonchev–Trinajstić information content (AvgIpc) is 2.61. The van der Waals surface area contributed by atoms with Gasteiger partial charge in [-0.2, -0.15) is 5.10 Å². The van der Waals surface area contributed by atoms with Crippen molar-refractivity contribution in [3.63, 3.8) is 0 Å². The molecule has 4 heteroatoms. The third-order valence-corrected chi connectivity index (χ3v) is 2.75. The minimum atomic E-state index is 0.204. The van der Waals surface area contributed by atoms with Crippen molar-refractivity contribution in [3.8, 4) is 0 Å². The molecule has 1 saturated heterocycles. The topological polar surface area (TPSA) is 39.1 Å². The van der Waals surface area contributed by atoms with Crippen LogP contribution in [0, 0.1) is 5.41 Å². The van der Waals surface area contributed by atoms with E-state index >= 15 is 0 Å². The fourth-order valence-corrected chi connectivity index (χ4v) is 1.70. The van der Waals surface area contributed by atoms with Crippen molar-refractivity contribution in [1.82, 2.24) is 9.78 Å². The zero-order chi connectivity index (χ0) is 10.2. The number of anilines is 1. The number of aromatic nitrogens is 2. The van der Waals surface area contributed by atoms with Crippen molar-refractivity contribution >= 4 is 5.69 Å². The number of nitrogens with one attached hydrogen (secondary N) is 1. The van der Waals surface area contributed by atoms with Crippen molar-refractivity contribution in [1.29, 1.82) is 0 Å². The van der Waals surface area contributed by atoms with Gasteiger partial charge < -0.3 is 10.1 Å². The van der Waals surface area contributed by atoms with E-state index < -0.39 is 0 Å². The summed E-state index contributed by atoms with van der Waals surface area (Å²) in [5.74, 6) is 0. The molecule has 0 saturated carbocycles. The van der Waals surface area contributed by atoms with E-state index in [4.69, 9.17) is 4.74 Å². The van der Waals surface area contributed by atoms with Crippen LogP contribution >= 0.6 is 0 Å². The summed E-state index contributed by atoms with van der Waals surface area (Å²) in [6.45, 7) is 6.04. The molecule has 1 fully saturated rings. The van der Waals surface area contributed by atoms with Crippen LogP contribution in [0.25, 0.3) is 0 Å². The SMILES string of the molecule is Cn1cc(NC2COCC2(C)C)cn1. The maximum atomic E-state index is 5.46. The van der Waals surface area contributed by atoms with E-state index in [1.54, 1.807) is 4.68 Å². The molecule has 1 aromatic rings. The third-order valence-electron chi connectivity index (χ3n) is 2.75. The molecule has 2 heterocycles. The van der Waals surface area contributed by atoms with Crippen LogP contribution in [-0.4, -0.2) is 29.0 Å². The summed E-state index contributed by atoms with van der Waals surface area (Å²) in [6.07, 6.45) is 3.82. The zero-order valence-electron chi connectivity index (χ0n) is 8.95. The van der Waals surface area contributed by atoms with Crippen molar-refractivity contribution in [2.45, 2.75) is 19.9 Å². The molecule has 1 aliphatic heterocycles. The van der Waals surface area contributed by atoms with Crippen molar-refractivity contribution < 1.29 is 4.74 Å². The summed E-state index contributed by atoms with van der Waals surface area (Å²) in [7, 11) is 1.92. The number of ether oxygens (including phenoxy) is 1. The monoisotopic (exact) mass is 195 g/mol. The molecule has 0 aromatic carbocycles. The number of aryl methyl sites for hydroxylation is 1. The maximum Gasteiger partial charge on any atom is 0.0729 e. The summed E-state index contributed by atoms with van der Waals surface area (Å²) in [5, 5.41) is 7.56. The first kappa shape index (κ1) is 9.52. The highest BCUT2D eigenvalue weighted by molar-refractivity contribution is 5.40. The Morgan fingerprint density at radius 2 is 2.43 bits per heavy atom. The van der Waals surface area contributed by atoms with Gasteiger partial charge in [-0.1, -0.05) is 13.8 Å². The number of rotatable bonds is 2. The second kappa shape index (κ2) is 3.28. The van der Waals surface area contributed by atoms with Gasteiger partial charge in [0, 0.05) is 18.7 Å². The third kappa shape index (κ3) is 1.75. The van der Waals surface area contributed by atoms with Gasteiger partial charge in [0.1, 0.15) is 0 Å². The van der Waals surface area contributed by atoms with E-state index in [2.05, 4.69) is 24.3 Å². The lowest BCUT2D eigenvalue weighted by molar-refractivity contribution is 0.167. The van der Waals surface area contributed by atoms with Gasteiger partial charge in [-0.3, -0.25) is 4.68 Å². The molecule has 2 rings (SSSR count). The van der Waals surface area contributed by atoms with E-state index in [0.717, 1.165) is 18.9 Å². The zero-order valence-corrected chi connectivity index (χ0v) is 8.95. The molecule has 1 unspecified atom stereocenters. The highest BCUT2D eigenvalue weighted by atomic mass is 16.5. The average molecular weight is 195 g/mol. The second-order valence-corrected chi connectivity index (χ2v) is 4.60. The first-order valence-corrected chi connectivity index (χ1v) is 4.91. The van der Waals surface area contributed by atoms with E-state index in [0.29, 0.717) is 6.04 Å². The van der Waals surface area contributed by atoms with Crippen molar-refractivity contribution in [2.75, 3.05) is 18.5 Å². The normalized spacial score (nSPS) is 25.2. The molecule has 4 nitrogen and oxygen atoms in total. The van der Waals surface area contributed by atoms with Gasteiger partial charge in [-0.05, 0) is 0 Å². The van der Waals surface area contributed by atoms with Crippen molar-refractivity contribution in [3.05, 3.63) is 12.4 Å². The minimum Gasteiger partial charge on any atom is -0.379 e. The summed E-state index contributed by atoms with van der Waals surface area (Å²) in [6, 6.07) is 0.381. The highest BCUT2D eigenvalue weighted by Crippen LogP contribution is 2.29. The van der Waals surface area contributed by atoms with Crippen LogP contribution in [0.2, 0.25) is 0 Å². The van der Waals surface area contributed by atoms with Crippen LogP contribution in [0.4, 0.5) is 5.69 Å². The molecule has 1 atom stereocenters. The Balaban J connectivity index is 2.04. The Bertz CT molecular complexity index is 319. The van der Waals surface area contributed by atoms with Crippen LogP contribution in [0.15, 0.2) is 12.4 Å². The molecule has 0 amide bonds. The van der Waals surface area contributed by atoms with E-state index in [9.17, 15) is 0 Å². The summed E-state index contributed by atoms with van der Waals surface area (Å²) in [4.78, 5) is 0. The van der Waals surface area contributed by atoms with Gasteiger partial charge in [0.25, 0.3) is 0 Å². The first-order valence-electron chi connectivity index (χ1n) is 4.91. The molecule has 1 N–H and O–H groups in total. The first-order chi connectivity index (χ1) is 6.58. The molecule has 78 valence electrons. The van der Waals surface area contributed by atoms with Gasteiger partial charge >= 0.3 is 0 Å². The minimum absolute atomic E-state index is 0.204. The fourth-order valence-electron chi connectivity index (χ4n) is 1.70. The Morgan fingerprint density at radius 1 is 1.64 bits per heavy atom.